The molecule has 1 spiro atoms. The largest absolute Gasteiger partial charge is 0.353 e. The third kappa shape index (κ3) is 3.92. The number of amides is 2. The van der Waals surface area contributed by atoms with Crippen molar-refractivity contribution in [1.29, 1.82) is 0 Å². The second kappa shape index (κ2) is 8.47. The van der Waals surface area contributed by atoms with Crippen LogP contribution in [0.15, 0.2) is 42.7 Å². The highest BCUT2D eigenvalue weighted by Gasteiger charge is 2.53. The van der Waals surface area contributed by atoms with Gasteiger partial charge in [0.25, 0.3) is 5.91 Å². The van der Waals surface area contributed by atoms with Crippen molar-refractivity contribution in [3.63, 3.8) is 0 Å². The number of nitrogens with one attached hydrogen (secondary N) is 1. The highest BCUT2D eigenvalue weighted by molar-refractivity contribution is 5.98. The molecule has 1 aliphatic heterocycles. The van der Waals surface area contributed by atoms with Crippen LogP contribution in [-0.2, 0) is 16.1 Å². The number of nitrogens with zero attached hydrogens (tertiary/aromatic N) is 2. The molecule has 6 nitrogen and oxygen atoms in total. The van der Waals surface area contributed by atoms with E-state index >= 15 is 0 Å². The van der Waals surface area contributed by atoms with Gasteiger partial charge in [0, 0.05) is 25.0 Å². The van der Waals surface area contributed by atoms with Crippen LogP contribution in [0.3, 0.4) is 0 Å². The Morgan fingerprint density at radius 3 is 2.57 bits per heavy atom. The zero-order valence-corrected chi connectivity index (χ0v) is 16.4. The molecule has 2 aromatic rings. The number of hydrogen-bond donors (Lipinski definition) is 1. The predicted molar refractivity (Wildman–Crippen MR) is 104 cm³/mol. The van der Waals surface area contributed by atoms with Gasteiger partial charge in [-0.05, 0) is 55.5 Å². The maximum Gasteiger partial charge on any atom is 0.259 e. The summed E-state index contributed by atoms with van der Waals surface area (Å²) in [6.45, 7) is 0.314. The number of rotatable bonds is 4. The van der Waals surface area contributed by atoms with Crippen LogP contribution in [0.5, 0.6) is 0 Å². The van der Waals surface area contributed by atoms with E-state index in [0.29, 0.717) is 18.9 Å². The van der Waals surface area contributed by atoms with Crippen LogP contribution in [0, 0.1) is 11.6 Å². The normalized spacial score (nSPS) is 20.3. The van der Waals surface area contributed by atoms with Crippen LogP contribution in [0.2, 0.25) is 0 Å². The first-order valence-corrected chi connectivity index (χ1v) is 10.1. The van der Waals surface area contributed by atoms with Crippen LogP contribution >= 0.6 is 0 Å². The minimum Gasteiger partial charge on any atom is -0.353 e. The van der Waals surface area contributed by atoms with E-state index in [0.717, 1.165) is 37.0 Å². The van der Waals surface area contributed by atoms with Crippen LogP contribution in [0.4, 0.5) is 8.78 Å². The van der Waals surface area contributed by atoms with Gasteiger partial charge in [0.05, 0.1) is 12.2 Å². The molecule has 1 aliphatic carbocycles. The highest BCUT2D eigenvalue weighted by Crippen LogP contribution is 2.41. The third-order valence-corrected chi connectivity index (χ3v) is 5.79. The second-order valence-corrected chi connectivity index (χ2v) is 7.71. The number of benzene rings is 1. The summed E-state index contributed by atoms with van der Waals surface area (Å²) in [5.74, 6) is -2.74. The minimum absolute atomic E-state index is 0.0384. The maximum absolute atomic E-state index is 14.4. The Balaban J connectivity index is 1.60. The molecule has 1 saturated carbocycles. The molecule has 1 atom stereocenters. The summed E-state index contributed by atoms with van der Waals surface area (Å²) in [5, 5.41) is 2.83. The Morgan fingerprint density at radius 1 is 1.13 bits per heavy atom. The summed E-state index contributed by atoms with van der Waals surface area (Å²) in [5.41, 5.74) is -0.333. The molecule has 2 amide bonds. The van der Waals surface area contributed by atoms with E-state index in [1.54, 1.807) is 24.5 Å². The fourth-order valence-electron chi connectivity index (χ4n) is 4.27. The van der Waals surface area contributed by atoms with Crippen LogP contribution in [0.1, 0.15) is 48.0 Å². The smallest absolute Gasteiger partial charge is 0.259 e. The molecule has 1 saturated heterocycles. The van der Waals surface area contributed by atoms with E-state index in [1.807, 2.05) is 0 Å². The topological polar surface area (TPSA) is 71.5 Å². The molecule has 0 radical (unpaired) electrons. The summed E-state index contributed by atoms with van der Waals surface area (Å²) in [4.78, 5) is 31.6. The average molecular weight is 415 g/mol. The van der Waals surface area contributed by atoms with Crippen molar-refractivity contribution in [1.82, 2.24) is 15.2 Å². The van der Waals surface area contributed by atoms with Gasteiger partial charge in [0.1, 0.15) is 23.4 Å². The van der Waals surface area contributed by atoms with Gasteiger partial charge in [0.2, 0.25) is 5.91 Å². The van der Waals surface area contributed by atoms with Crippen LogP contribution in [-0.4, -0.2) is 40.1 Å². The zero-order valence-electron chi connectivity index (χ0n) is 16.4. The lowest BCUT2D eigenvalue weighted by molar-refractivity contribution is -0.127. The van der Waals surface area contributed by atoms with Crippen LogP contribution < -0.4 is 5.32 Å². The van der Waals surface area contributed by atoms with Crippen molar-refractivity contribution >= 4 is 11.8 Å². The summed E-state index contributed by atoms with van der Waals surface area (Å²) in [7, 11) is 0. The van der Waals surface area contributed by atoms with Crippen molar-refractivity contribution in [3.8, 4) is 0 Å². The molecule has 30 heavy (non-hydrogen) atoms. The fourth-order valence-corrected chi connectivity index (χ4v) is 4.27. The van der Waals surface area contributed by atoms with E-state index in [4.69, 9.17) is 4.74 Å². The number of halogens is 2. The number of aromatic nitrogens is 1. The minimum atomic E-state index is -0.950. The van der Waals surface area contributed by atoms with Gasteiger partial charge in [-0.3, -0.25) is 19.5 Å². The van der Waals surface area contributed by atoms with E-state index in [-0.39, 0.29) is 24.6 Å². The molecule has 0 bridgehead atoms. The number of pyridine rings is 1. The summed E-state index contributed by atoms with van der Waals surface area (Å²) < 4.78 is 33.7. The number of hydrogen-bond acceptors (Lipinski definition) is 4. The lowest BCUT2D eigenvalue weighted by Crippen LogP contribution is -2.56. The molecule has 1 unspecified atom stereocenters. The third-order valence-electron chi connectivity index (χ3n) is 5.79. The number of ether oxygens (including phenoxy) is 1. The molecule has 1 aromatic carbocycles. The van der Waals surface area contributed by atoms with Crippen molar-refractivity contribution in [2.45, 2.75) is 50.4 Å². The van der Waals surface area contributed by atoms with Gasteiger partial charge in [-0.1, -0.05) is 6.42 Å². The van der Waals surface area contributed by atoms with Crippen molar-refractivity contribution in [2.75, 3.05) is 6.61 Å². The van der Waals surface area contributed by atoms with Gasteiger partial charge in [-0.25, -0.2) is 8.78 Å². The molecule has 2 heterocycles. The van der Waals surface area contributed by atoms with E-state index in [9.17, 15) is 18.4 Å². The summed E-state index contributed by atoms with van der Waals surface area (Å²) >= 11 is 0. The average Bonchev–Trinajstić information content (AvgIpc) is 3.11. The first kappa shape index (κ1) is 20.4. The first-order valence-electron chi connectivity index (χ1n) is 10.1. The molecule has 2 fully saturated rings. The van der Waals surface area contributed by atoms with Crippen molar-refractivity contribution in [3.05, 3.63) is 65.5 Å². The van der Waals surface area contributed by atoms with Gasteiger partial charge >= 0.3 is 0 Å². The van der Waals surface area contributed by atoms with E-state index in [1.165, 1.54) is 4.90 Å². The Hall–Kier alpha value is -2.87. The van der Waals surface area contributed by atoms with Gasteiger partial charge < -0.3 is 10.1 Å². The Bertz CT molecular complexity index is 932. The van der Waals surface area contributed by atoms with Crippen molar-refractivity contribution in [2.24, 2.45) is 0 Å². The van der Waals surface area contributed by atoms with Crippen LogP contribution in [0.25, 0.3) is 0 Å². The predicted octanol–water partition coefficient (Wildman–Crippen LogP) is 3.18. The van der Waals surface area contributed by atoms with Gasteiger partial charge in [-0.2, -0.15) is 0 Å². The Labute approximate surface area is 173 Å². The fraction of sp³-hybridized carbons (Fsp3) is 0.409. The monoisotopic (exact) mass is 415 g/mol. The Morgan fingerprint density at radius 2 is 1.87 bits per heavy atom. The Kier molecular flexibility index (Phi) is 5.76. The molecule has 158 valence electrons. The lowest BCUT2D eigenvalue weighted by Gasteiger charge is -2.41. The molecule has 1 aromatic heterocycles. The molecular weight excluding hydrogens is 392 g/mol. The molecule has 4 rings (SSSR count). The lowest BCUT2D eigenvalue weighted by atomic mass is 9.89. The molecular formula is C22H23F2N3O3. The summed E-state index contributed by atoms with van der Waals surface area (Å²) in [6.07, 6.45) is 7.12. The van der Waals surface area contributed by atoms with Gasteiger partial charge in [-0.15, -0.1) is 0 Å². The highest BCUT2D eigenvalue weighted by atomic mass is 19.1. The molecule has 8 heteroatoms. The quantitative estimate of drug-likeness (QED) is 0.833. The van der Waals surface area contributed by atoms with Gasteiger partial charge in [0.15, 0.2) is 0 Å². The number of carbonyl (C=O) groups excluding carboxylic acids is 2. The second-order valence-electron chi connectivity index (χ2n) is 7.71. The zero-order chi connectivity index (χ0) is 21.1. The molecule has 1 N–H and O–H groups in total. The van der Waals surface area contributed by atoms with Crippen molar-refractivity contribution < 1.29 is 23.1 Å². The maximum atomic E-state index is 14.4. The van der Waals surface area contributed by atoms with E-state index in [2.05, 4.69) is 10.3 Å². The summed E-state index contributed by atoms with van der Waals surface area (Å²) in [6, 6.07) is 5.51. The standard InChI is InChI=1S/C22H23F2N3O3/c23-16-4-5-17(18(24)12-16)21(29)27-19(14-30-22(27)8-2-1-3-9-22)20(28)26-13-15-6-10-25-11-7-15/h4-7,10-12,19H,1-3,8-9,13-14H2,(H,26,28). The SMILES string of the molecule is O=C(NCc1ccncc1)C1COC2(CCCCC2)N1C(=O)c1ccc(F)cc1F. The molecule has 2 aliphatic rings. The van der Waals surface area contributed by atoms with E-state index < -0.39 is 29.3 Å². The number of carbonyl (C=O) groups is 2. The first-order chi connectivity index (χ1) is 14.5.